The molecule has 1 aromatic carbocycles. The minimum absolute atomic E-state index is 0.0787. The number of imidazole rings is 1. The van der Waals surface area contributed by atoms with Gasteiger partial charge in [0.05, 0.1) is 6.61 Å². The van der Waals surface area contributed by atoms with Crippen molar-refractivity contribution in [3.8, 4) is 17.3 Å². The van der Waals surface area contributed by atoms with Gasteiger partial charge in [0.2, 0.25) is 0 Å². The number of amides is 1. The van der Waals surface area contributed by atoms with Crippen LogP contribution in [0.15, 0.2) is 61.3 Å². The average molecular weight is 352 g/mol. The number of nitrogens with one attached hydrogen (secondary N) is 1. The lowest BCUT2D eigenvalue weighted by atomic mass is 10.3. The summed E-state index contributed by atoms with van der Waals surface area (Å²) >= 11 is 0. The van der Waals surface area contributed by atoms with Crippen LogP contribution in [0, 0.1) is 0 Å². The van der Waals surface area contributed by atoms with Crippen molar-refractivity contribution in [3.05, 3.63) is 66.9 Å². The van der Waals surface area contributed by atoms with Crippen LogP contribution in [-0.2, 0) is 11.3 Å². The van der Waals surface area contributed by atoms with Crippen LogP contribution in [0.1, 0.15) is 12.5 Å². The van der Waals surface area contributed by atoms with Gasteiger partial charge in [0, 0.05) is 25.1 Å². The summed E-state index contributed by atoms with van der Waals surface area (Å²) in [6, 6.07) is 11.1. The highest BCUT2D eigenvalue weighted by molar-refractivity contribution is 5.77. The monoisotopic (exact) mass is 352 g/mol. The van der Waals surface area contributed by atoms with Crippen molar-refractivity contribution < 1.29 is 14.3 Å². The minimum Gasteiger partial charge on any atom is -0.490 e. The Balaban J connectivity index is 1.48. The molecule has 7 nitrogen and oxygen atoms in total. The van der Waals surface area contributed by atoms with Crippen LogP contribution in [-0.4, -0.2) is 33.7 Å². The molecule has 26 heavy (non-hydrogen) atoms. The van der Waals surface area contributed by atoms with E-state index < -0.39 is 0 Å². The van der Waals surface area contributed by atoms with Gasteiger partial charge in [0.1, 0.15) is 12.1 Å². The number of hydrogen-bond donors (Lipinski definition) is 1. The fourth-order valence-electron chi connectivity index (χ4n) is 2.31. The number of aromatic nitrogens is 3. The van der Waals surface area contributed by atoms with Crippen LogP contribution in [0.2, 0.25) is 0 Å². The summed E-state index contributed by atoms with van der Waals surface area (Å²) in [6.07, 6.45) is 6.92. The number of carbonyl (C=O) groups is 1. The SMILES string of the molecule is CCOc1ccccc1OCC(=O)NCc1ccc(-n2ccnc2)nc1. The second kappa shape index (κ2) is 8.66. The van der Waals surface area contributed by atoms with Gasteiger partial charge in [-0.25, -0.2) is 9.97 Å². The van der Waals surface area contributed by atoms with Crippen LogP contribution >= 0.6 is 0 Å². The van der Waals surface area contributed by atoms with Crippen molar-refractivity contribution in [2.45, 2.75) is 13.5 Å². The zero-order chi connectivity index (χ0) is 18.2. The normalized spacial score (nSPS) is 10.3. The molecule has 2 aromatic heterocycles. The predicted molar refractivity (Wildman–Crippen MR) is 96.3 cm³/mol. The zero-order valence-corrected chi connectivity index (χ0v) is 14.5. The Labute approximate surface area is 151 Å². The van der Waals surface area contributed by atoms with Gasteiger partial charge in [-0.3, -0.25) is 9.36 Å². The van der Waals surface area contributed by atoms with E-state index in [2.05, 4.69) is 15.3 Å². The zero-order valence-electron chi connectivity index (χ0n) is 14.5. The van der Waals surface area contributed by atoms with E-state index in [0.717, 1.165) is 11.4 Å². The van der Waals surface area contributed by atoms with E-state index in [1.165, 1.54) is 0 Å². The Morgan fingerprint density at radius 1 is 1.15 bits per heavy atom. The van der Waals surface area contributed by atoms with E-state index in [0.29, 0.717) is 24.7 Å². The molecular formula is C19H20N4O3. The molecule has 0 atom stereocenters. The Morgan fingerprint density at radius 2 is 1.96 bits per heavy atom. The van der Waals surface area contributed by atoms with Gasteiger partial charge in [-0.15, -0.1) is 0 Å². The Kier molecular flexibility index (Phi) is 5.82. The molecule has 1 N–H and O–H groups in total. The number of carbonyl (C=O) groups excluding carboxylic acids is 1. The number of rotatable bonds is 8. The summed E-state index contributed by atoms with van der Waals surface area (Å²) < 4.78 is 12.8. The standard InChI is InChI=1S/C19H20N4O3/c1-2-25-16-5-3-4-6-17(16)26-13-19(24)22-12-15-7-8-18(21-11-15)23-10-9-20-14-23/h3-11,14H,2,12-13H2,1H3,(H,22,24). The first-order chi connectivity index (χ1) is 12.8. The lowest BCUT2D eigenvalue weighted by Crippen LogP contribution is -2.28. The molecule has 1 amide bonds. The van der Waals surface area contributed by atoms with Crippen molar-refractivity contribution in [3.63, 3.8) is 0 Å². The van der Waals surface area contributed by atoms with Gasteiger partial charge in [0.25, 0.3) is 5.91 Å². The molecule has 0 saturated carbocycles. The Morgan fingerprint density at radius 3 is 2.62 bits per heavy atom. The van der Waals surface area contributed by atoms with Crippen molar-refractivity contribution in [1.29, 1.82) is 0 Å². The summed E-state index contributed by atoms with van der Waals surface area (Å²) in [5.74, 6) is 1.74. The molecule has 3 rings (SSSR count). The van der Waals surface area contributed by atoms with Gasteiger partial charge in [-0.05, 0) is 30.7 Å². The quantitative estimate of drug-likeness (QED) is 0.673. The van der Waals surface area contributed by atoms with E-state index in [1.807, 2.05) is 48.0 Å². The van der Waals surface area contributed by atoms with Gasteiger partial charge in [-0.2, -0.15) is 0 Å². The summed E-state index contributed by atoms with van der Waals surface area (Å²) in [4.78, 5) is 20.3. The highest BCUT2D eigenvalue weighted by Crippen LogP contribution is 2.26. The maximum atomic E-state index is 12.0. The smallest absolute Gasteiger partial charge is 0.258 e. The fraction of sp³-hybridized carbons (Fsp3) is 0.211. The minimum atomic E-state index is -0.213. The summed E-state index contributed by atoms with van der Waals surface area (Å²) in [7, 11) is 0. The molecule has 0 bridgehead atoms. The number of nitrogens with zero attached hydrogens (tertiary/aromatic N) is 3. The molecule has 0 aliphatic rings. The average Bonchev–Trinajstić information content (AvgIpc) is 3.21. The van der Waals surface area contributed by atoms with Gasteiger partial charge < -0.3 is 14.8 Å². The molecule has 2 heterocycles. The van der Waals surface area contributed by atoms with E-state index in [4.69, 9.17) is 9.47 Å². The van der Waals surface area contributed by atoms with Crippen LogP contribution in [0.3, 0.4) is 0 Å². The Hall–Kier alpha value is -3.35. The molecular weight excluding hydrogens is 332 g/mol. The Bertz CT molecular complexity index is 832. The molecule has 0 aliphatic carbocycles. The van der Waals surface area contributed by atoms with Crippen LogP contribution in [0.5, 0.6) is 11.5 Å². The number of benzene rings is 1. The maximum absolute atomic E-state index is 12.0. The third kappa shape index (κ3) is 4.60. The van der Waals surface area contributed by atoms with E-state index in [1.54, 1.807) is 24.8 Å². The molecule has 0 spiro atoms. The molecule has 0 radical (unpaired) electrons. The molecule has 7 heteroatoms. The summed E-state index contributed by atoms with van der Waals surface area (Å²) in [5, 5.41) is 2.81. The molecule has 3 aromatic rings. The molecule has 0 saturated heterocycles. The summed E-state index contributed by atoms with van der Waals surface area (Å²) in [6.45, 7) is 2.74. The molecule has 0 unspecified atom stereocenters. The highest BCUT2D eigenvalue weighted by atomic mass is 16.5. The van der Waals surface area contributed by atoms with Gasteiger partial charge >= 0.3 is 0 Å². The van der Waals surface area contributed by atoms with E-state index >= 15 is 0 Å². The number of ether oxygens (including phenoxy) is 2. The van der Waals surface area contributed by atoms with E-state index in [-0.39, 0.29) is 12.5 Å². The van der Waals surface area contributed by atoms with Crippen molar-refractivity contribution in [2.75, 3.05) is 13.2 Å². The summed E-state index contributed by atoms with van der Waals surface area (Å²) in [5.41, 5.74) is 0.900. The second-order valence-corrected chi connectivity index (χ2v) is 5.44. The third-order valence-electron chi connectivity index (χ3n) is 3.58. The second-order valence-electron chi connectivity index (χ2n) is 5.44. The largest absolute Gasteiger partial charge is 0.490 e. The third-order valence-corrected chi connectivity index (χ3v) is 3.58. The van der Waals surface area contributed by atoms with Crippen LogP contribution < -0.4 is 14.8 Å². The number of pyridine rings is 1. The van der Waals surface area contributed by atoms with Crippen LogP contribution in [0.4, 0.5) is 0 Å². The van der Waals surface area contributed by atoms with Gasteiger partial charge in [-0.1, -0.05) is 18.2 Å². The van der Waals surface area contributed by atoms with Crippen molar-refractivity contribution in [2.24, 2.45) is 0 Å². The topological polar surface area (TPSA) is 78.3 Å². The number of hydrogen-bond acceptors (Lipinski definition) is 5. The first kappa shape index (κ1) is 17.5. The van der Waals surface area contributed by atoms with Gasteiger partial charge in [0.15, 0.2) is 18.1 Å². The lowest BCUT2D eigenvalue weighted by molar-refractivity contribution is -0.123. The fourth-order valence-corrected chi connectivity index (χ4v) is 2.31. The predicted octanol–water partition coefficient (Wildman–Crippen LogP) is 2.36. The van der Waals surface area contributed by atoms with E-state index in [9.17, 15) is 4.79 Å². The first-order valence-corrected chi connectivity index (χ1v) is 8.31. The maximum Gasteiger partial charge on any atom is 0.258 e. The number of para-hydroxylation sites is 2. The lowest BCUT2D eigenvalue weighted by Gasteiger charge is -2.11. The molecule has 134 valence electrons. The van der Waals surface area contributed by atoms with Crippen molar-refractivity contribution in [1.82, 2.24) is 19.9 Å². The molecule has 0 aliphatic heterocycles. The highest BCUT2D eigenvalue weighted by Gasteiger charge is 2.07. The van der Waals surface area contributed by atoms with Crippen LogP contribution in [0.25, 0.3) is 5.82 Å². The van der Waals surface area contributed by atoms with Crippen molar-refractivity contribution >= 4 is 5.91 Å². The first-order valence-electron chi connectivity index (χ1n) is 8.31. The molecule has 0 fully saturated rings.